The number of rotatable bonds is 3. The van der Waals surface area contributed by atoms with Crippen molar-refractivity contribution in [3.05, 3.63) is 34.3 Å². The molecule has 0 radical (unpaired) electrons. The molecule has 1 N–H and O–H groups in total. The van der Waals surface area contributed by atoms with Crippen molar-refractivity contribution in [2.75, 3.05) is 6.26 Å². The number of fused-ring (bicyclic) bond motifs is 1. The van der Waals surface area contributed by atoms with E-state index in [1.807, 2.05) is 17.8 Å². The second-order valence-corrected chi connectivity index (χ2v) is 8.89. The third-order valence-corrected chi connectivity index (χ3v) is 6.63. The van der Waals surface area contributed by atoms with Gasteiger partial charge in [-0.1, -0.05) is 31.5 Å². The maximum absolute atomic E-state index is 6.23. The van der Waals surface area contributed by atoms with Crippen LogP contribution < -0.4 is 5.32 Å². The van der Waals surface area contributed by atoms with E-state index < -0.39 is 0 Å². The van der Waals surface area contributed by atoms with Crippen LogP contribution in [0.25, 0.3) is 0 Å². The average Bonchev–Trinajstić information content (AvgIpc) is 2.71. The lowest BCUT2D eigenvalue weighted by molar-refractivity contribution is 0.227. The first-order valence-corrected chi connectivity index (χ1v) is 9.73. The zero-order chi connectivity index (χ0) is 15.0. The fraction of sp³-hybridized carbons (Fsp3) is 0.667. The van der Waals surface area contributed by atoms with Crippen molar-refractivity contribution in [3.8, 4) is 0 Å². The summed E-state index contributed by atoms with van der Waals surface area (Å²) < 4.78 is 0. The molecule has 0 heterocycles. The van der Waals surface area contributed by atoms with Crippen molar-refractivity contribution in [2.45, 2.75) is 63.3 Å². The Morgan fingerprint density at radius 1 is 1.19 bits per heavy atom. The van der Waals surface area contributed by atoms with Crippen LogP contribution in [0, 0.1) is 5.41 Å². The molecule has 0 saturated heterocycles. The van der Waals surface area contributed by atoms with Crippen molar-refractivity contribution in [1.29, 1.82) is 0 Å². The molecule has 1 aromatic carbocycles. The van der Waals surface area contributed by atoms with Crippen LogP contribution in [0.1, 0.15) is 56.7 Å². The molecule has 0 bridgehead atoms. The SMILES string of the molecule is CSC1CCC(NC2c3cc(Cl)ccc3CC2(C)C)CC1. The number of nitrogens with one attached hydrogen (secondary N) is 1. The Bertz CT molecular complexity index is 506. The Labute approximate surface area is 138 Å². The molecule has 3 rings (SSSR count). The van der Waals surface area contributed by atoms with Crippen LogP contribution in [0.15, 0.2) is 18.2 Å². The van der Waals surface area contributed by atoms with Gasteiger partial charge in [-0.05, 0) is 67.0 Å². The lowest BCUT2D eigenvalue weighted by Gasteiger charge is -2.36. The van der Waals surface area contributed by atoms with Gasteiger partial charge in [-0.25, -0.2) is 0 Å². The molecule has 0 aliphatic heterocycles. The Morgan fingerprint density at radius 2 is 1.90 bits per heavy atom. The van der Waals surface area contributed by atoms with Gasteiger partial charge in [-0.2, -0.15) is 11.8 Å². The van der Waals surface area contributed by atoms with Crippen LogP contribution in [0.3, 0.4) is 0 Å². The number of benzene rings is 1. The molecular weight excluding hydrogens is 298 g/mol. The summed E-state index contributed by atoms with van der Waals surface area (Å²) in [6, 6.07) is 7.54. The summed E-state index contributed by atoms with van der Waals surface area (Å²) in [4.78, 5) is 0. The van der Waals surface area contributed by atoms with E-state index in [1.54, 1.807) is 0 Å². The first kappa shape index (κ1) is 15.7. The van der Waals surface area contributed by atoms with E-state index in [0.717, 1.165) is 16.7 Å². The van der Waals surface area contributed by atoms with E-state index in [-0.39, 0.29) is 5.41 Å². The van der Waals surface area contributed by atoms with Gasteiger partial charge in [-0.15, -0.1) is 0 Å². The van der Waals surface area contributed by atoms with Crippen LogP contribution in [0.5, 0.6) is 0 Å². The molecule has 1 saturated carbocycles. The fourth-order valence-electron chi connectivity index (χ4n) is 4.03. The molecule has 116 valence electrons. The van der Waals surface area contributed by atoms with Gasteiger partial charge >= 0.3 is 0 Å². The molecule has 1 aromatic rings. The van der Waals surface area contributed by atoms with Gasteiger partial charge in [0.2, 0.25) is 0 Å². The van der Waals surface area contributed by atoms with Gasteiger partial charge in [-0.3, -0.25) is 0 Å². The highest BCUT2D eigenvalue weighted by Crippen LogP contribution is 2.46. The van der Waals surface area contributed by atoms with E-state index in [9.17, 15) is 0 Å². The Balaban J connectivity index is 1.74. The molecule has 1 fully saturated rings. The zero-order valence-corrected chi connectivity index (χ0v) is 14.9. The maximum atomic E-state index is 6.23. The number of thioether (sulfide) groups is 1. The molecular formula is C18H26ClNS. The summed E-state index contributed by atoms with van der Waals surface area (Å²) in [7, 11) is 0. The third-order valence-electron chi connectivity index (χ3n) is 5.26. The summed E-state index contributed by atoms with van der Waals surface area (Å²) in [5, 5.41) is 5.71. The highest BCUT2D eigenvalue weighted by atomic mass is 35.5. The standard InChI is InChI=1S/C18H26ClNS/c1-18(2)11-12-4-5-13(19)10-16(12)17(18)20-14-6-8-15(21-3)9-7-14/h4-5,10,14-15,17,20H,6-9,11H2,1-3H3. The first-order chi connectivity index (χ1) is 9.99. The number of hydrogen-bond donors (Lipinski definition) is 1. The van der Waals surface area contributed by atoms with Gasteiger partial charge in [0.15, 0.2) is 0 Å². The Kier molecular flexibility index (Phi) is 4.59. The van der Waals surface area contributed by atoms with E-state index >= 15 is 0 Å². The van der Waals surface area contributed by atoms with Crippen molar-refractivity contribution < 1.29 is 0 Å². The molecule has 1 nitrogen and oxygen atoms in total. The van der Waals surface area contributed by atoms with Crippen LogP contribution in [-0.4, -0.2) is 17.5 Å². The lowest BCUT2D eigenvalue weighted by Crippen LogP contribution is -2.40. The number of halogens is 1. The van der Waals surface area contributed by atoms with Crippen LogP contribution >= 0.6 is 23.4 Å². The largest absolute Gasteiger partial charge is 0.307 e. The molecule has 3 heteroatoms. The van der Waals surface area contributed by atoms with Crippen LogP contribution in [0.4, 0.5) is 0 Å². The lowest BCUT2D eigenvalue weighted by atomic mass is 9.83. The minimum absolute atomic E-state index is 0.281. The molecule has 2 aliphatic rings. The van der Waals surface area contributed by atoms with Gasteiger partial charge < -0.3 is 5.32 Å². The van der Waals surface area contributed by atoms with E-state index in [4.69, 9.17) is 11.6 Å². The van der Waals surface area contributed by atoms with E-state index in [2.05, 4.69) is 37.6 Å². The van der Waals surface area contributed by atoms with Crippen molar-refractivity contribution >= 4 is 23.4 Å². The van der Waals surface area contributed by atoms with Crippen molar-refractivity contribution in [2.24, 2.45) is 5.41 Å². The minimum Gasteiger partial charge on any atom is -0.307 e. The molecule has 1 atom stereocenters. The summed E-state index contributed by atoms with van der Waals surface area (Å²) in [6.07, 6.45) is 8.73. The van der Waals surface area contributed by atoms with Gasteiger partial charge in [0.05, 0.1) is 0 Å². The predicted octanol–water partition coefficient (Wildman–Crippen LogP) is 5.23. The highest BCUT2D eigenvalue weighted by molar-refractivity contribution is 7.99. The Morgan fingerprint density at radius 3 is 2.57 bits per heavy atom. The maximum Gasteiger partial charge on any atom is 0.0409 e. The first-order valence-electron chi connectivity index (χ1n) is 8.07. The van der Waals surface area contributed by atoms with Gasteiger partial charge in [0.25, 0.3) is 0 Å². The van der Waals surface area contributed by atoms with Crippen LogP contribution in [-0.2, 0) is 6.42 Å². The highest BCUT2D eigenvalue weighted by Gasteiger charge is 2.40. The topological polar surface area (TPSA) is 12.0 Å². The quantitative estimate of drug-likeness (QED) is 0.817. The fourth-order valence-corrected chi connectivity index (χ4v) is 4.95. The normalized spacial score (nSPS) is 31.1. The third kappa shape index (κ3) is 3.28. The molecule has 2 aliphatic carbocycles. The summed E-state index contributed by atoms with van der Waals surface area (Å²) in [5.41, 5.74) is 3.18. The van der Waals surface area contributed by atoms with Crippen molar-refractivity contribution in [3.63, 3.8) is 0 Å². The summed E-state index contributed by atoms with van der Waals surface area (Å²) >= 11 is 8.27. The van der Waals surface area contributed by atoms with E-state index in [0.29, 0.717) is 12.1 Å². The van der Waals surface area contributed by atoms with Crippen molar-refractivity contribution in [1.82, 2.24) is 5.32 Å². The van der Waals surface area contributed by atoms with E-state index in [1.165, 1.54) is 36.8 Å². The molecule has 21 heavy (non-hydrogen) atoms. The zero-order valence-electron chi connectivity index (χ0n) is 13.3. The molecule has 0 spiro atoms. The smallest absolute Gasteiger partial charge is 0.0409 e. The molecule has 0 amide bonds. The second kappa shape index (κ2) is 6.14. The van der Waals surface area contributed by atoms with Crippen LogP contribution in [0.2, 0.25) is 5.02 Å². The molecule has 0 aromatic heterocycles. The van der Waals surface area contributed by atoms with Gasteiger partial charge in [0, 0.05) is 22.4 Å². The summed E-state index contributed by atoms with van der Waals surface area (Å²) in [6.45, 7) is 4.76. The molecule has 1 unspecified atom stereocenters. The predicted molar refractivity (Wildman–Crippen MR) is 94.4 cm³/mol. The summed E-state index contributed by atoms with van der Waals surface area (Å²) in [5.74, 6) is 0. The number of hydrogen-bond acceptors (Lipinski definition) is 2. The minimum atomic E-state index is 0.281. The second-order valence-electron chi connectivity index (χ2n) is 7.32. The Hall–Kier alpha value is -0.180. The van der Waals surface area contributed by atoms with Gasteiger partial charge in [0.1, 0.15) is 0 Å². The monoisotopic (exact) mass is 323 g/mol. The average molecular weight is 324 g/mol.